The molecule has 0 bridgehead atoms. The topological polar surface area (TPSA) is 32.3 Å². The highest BCUT2D eigenvalue weighted by atomic mass is 32.1. The Balaban J connectivity index is 1.52. The van der Waals surface area contributed by atoms with Crippen LogP contribution in [0, 0.1) is 5.82 Å². The van der Waals surface area contributed by atoms with E-state index in [4.69, 9.17) is 0 Å². The van der Waals surface area contributed by atoms with Crippen LogP contribution in [-0.4, -0.2) is 41.0 Å². The molecule has 3 aromatic rings. The highest BCUT2D eigenvalue weighted by Gasteiger charge is 2.24. The van der Waals surface area contributed by atoms with Crippen LogP contribution >= 0.6 is 11.3 Å². The number of hydrogen-bond donors (Lipinski definition) is 0. The van der Waals surface area contributed by atoms with Crippen molar-refractivity contribution >= 4 is 27.9 Å². The van der Waals surface area contributed by atoms with Gasteiger partial charge in [-0.05, 0) is 25.1 Å². The Labute approximate surface area is 144 Å². The summed E-state index contributed by atoms with van der Waals surface area (Å²) in [4.78, 5) is 13.6. The van der Waals surface area contributed by atoms with Crippen LogP contribution in [-0.2, 0) is 0 Å². The number of piperazine rings is 1. The molecule has 2 aromatic heterocycles. The van der Waals surface area contributed by atoms with Gasteiger partial charge in [-0.25, -0.2) is 9.37 Å². The fraction of sp³-hybridized carbons (Fsp3) is 0.333. The second-order valence-corrected chi connectivity index (χ2v) is 6.99. The van der Waals surface area contributed by atoms with Crippen LogP contribution in [0.4, 0.5) is 10.1 Å². The maximum Gasteiger partial charge on any atom is 0.125 e. The number of rotatable bonds is 3. The molecule has 0 amide bonds. The first-order chi connectivity index (χ1) is 11.7. The van der Waals surface area contributed by atoms with Gasteiger partial charge in [0, 0.05) is 61.1 Å². The van der Waals surface area contributed by atoms with Crippen molar-refractivity contribution in [2.45, 2.75) is 13.0 Å². The molecule has 3 heterocycles. The molecule has 4 nitrogen and oxygen atoms in total. The molecule has 1 atom stereocenters. The molecule has 0 aliphatic carbocycles. The second kappa shape index (κ2) is 6.45. The fourth-order valence-electron chi connectivity index (χ4n) is 3.33. The van der Waals surface area contributed by atoms with Gasteiger partial charge in [0.2, 0.25) is 0 Å². The van der Waals surface area contributed by atoms with Gasteiger partial charge >= 0.3 is 0 Å². The van der Waals surface area contributed by atoms with Crippen molar-refractivity contribution in [1.29, 1.82) is 0 Å². The number of aromatic nitrogens is 2. The molecule has 4 rings (SSSR count). The van der Waals surface area contributed by atoms with E-state index in [9.17, 15) is 4.39 Å². The Hall–Kier alpha value is -2.05. The van der Waals surface area contributed by atoms with Crippen molar-refractivity contribution in [3.63, 3.8) is 0 Å². The average molecular weight is 342 g/mol. The molecular formula is C18H19FN4S. The predicted molar refractivity (Wildman–Crippen MR) is 96.0 cm³/mol. The number of benzene rings is 1. The monoisotopic (exact) mass is 342 g/mol. The summed E-state index contributed by atoms with van der Waals surface area (Å²) in [5, 5.41) is 4.22. The summed E-state index contributed by atoms with van der Waals surface area (Å²) in [6, 6.07) is 7.22. The van der Waals surface area contributed by atoms with Gasteiger partial charge in [-0.3, -0.25) is 9.88 Å². The Bertz CT molecular complexity index is 828. The molecule has 0 saturated carbocycles. The number of fused-ring (bicyclic) bond motifs is 1. The third-order valence-corrected chi connectivity index (χ3v) is 5.64. The predicted octanol–water partition coefficient (Wildman–Crippen LogP) is 3.71. The van der Waals surface area contributed by atoms with Gasteiger partial charge in [-0.1, -0.05) is 0 Å². The van der Waals surface area contributed by atoms with Crippen molar-refractivity contribution in [2.24, 2.45) is 0 Å². The maximum absolute atomic E-state index is 13.4. The summed E-state index contributed by atoms with van der Waals surface area (Å²) >= 11 is 1.71. The number of nitrogens with zero attached hydrogens (tertiary/aromatic N) is 4. The first-order valence-corrected chi connectivity index (χ1v) is 9.03. The van der Waals surface area contributed by atoms with E-state index in [-0.39, 0.29) is 5.82 Å². The molecule has 24 heavy (non-hydrogen) atoms. The van der Waals surface area contributed by atoms with Gasteiger partial charge in [-0.2, -0.15) is 0 Å². The smallest absolute Gasteiger partial charge is 0.125 e. The summed E-state index contributed by atoms with van der Waals surface area (Å²) in [5.41, 5.74) is 1.85. The van der Waals surface area contributed by atoms with Crippen LogP contribution in [0.25, 0.3) is 10.9 Å². The number of thiazole rings is 1. The molecule has 1 saturated heterocycles. The third-order valence-electron chi connectivity index (χ3n) is 4.69. The SMILES string of the molecule is CC(c1nccs1)N1CCN(c2ccnc3cc(F)ccc23)CC1. The lowest BCUT2D eigenvalue weighted by Gasteiger charge is -2.38. The molecule has 124 valence electrons. The van der Waals surface area contributed by atoms with E-state index in [1.807, 2.05) is 23.7 Å². The largest absolute Gasteiger partial charge is 0.368 e. The summed E-state index contributed by atoms with van der Waals surface area (Å²) in [6.07, 6.45) is 3.64. The van der Waals surface area contributed by atoms with Crippen molar-refractivity contribution in [1.82, 2.24) is 14.9 Å². The zero-order chi connectivity index (χ0) is 16.5. The quantitative estimate of drug-likeness (QED) is 0.726. The standard InChI is InChI=1S/C18H19FN4S/c1-13(18-21-6-11-24-18)22-7-9-23(10-8-22)17-4-5-20-16-12-14(19)2-3-15(16)17/h2-6,11-13H,7-10H2,1H3. The minimum atomic E-state index is -0.241. The average Bonchev–Trinajstić information content (AvgIpc) is 3.15. The highest BCUT2D eigenvalue weighted by Crippen LogP contribution is 2.29. The van der Waals surface area contributed by atoms with Crippen molar-refractivity contribution in [3.05, 3.63) is 52.9 Å². The number of pyridine rings is 1. The zero-order valence-electron chi connectivity index (χ0n) is 13.5. The molecule has 0 radical (unpaired) electrons. The lowest BCUT2D eigenvalue weighted by Crippen LogP contribution is -2.47. The van der Waals surface area contributed by atoms with Crippen molar-refractivity contribution in [2.75, 3.05) is 31.1 Å². The normalized spacial score (nSPS) is 17.3. The van der Waals surface area contributed by atoms with E-state index in [0.29, 0.717) is 11.6 Å². The van der Waals surface area contributed by atoms with Gasteiger partial charge < -0.3 is 4.90 Å². The van der Waals surface area contributed by atoms with Crippen LogP contribution in [0.1, 0.15) is 18.0 Å². The van der Waals surface area contributed by atoms with Crippen LogP contribution in [0.3, 0.4) is 0 Å². The molecule has 1 aromatic carbocycles. The summed E-state index contributed by atoms with van der Waals surface area (Å²) in [6.45, 7) is 6.11. The molecule has 1 aliphatic rings. The van der Waals surface area contributed by atoms with Crippen LogP contribution in [0.2, 0.25) is 0 Å². The molecule has 1 fully saturated rings. The molecule has 6 heteroatoms. The zero-order valence-corrected chi connectivity index (χ0v) is 14.3. The number of anilines is 1. The van der Waals surface area contributed by atoms with Crippen LogP contribution < -0.4 is 4.90 Å². The lowest BCUT2D eigenvalue weighted by atomic mass is 10.1. The molecular weight excluding hydrogens is 323 g/mol. The first kappa shape index (κ1) is 15.5. The van der Waals surface area contributed by atoms with E-state index in [1.54, 1.807) is 17.5 Å². The van der Waals surface area contributed by atoms with Gasteiger partial charge in [0.25, 0.3) is 0 Å². The van der Waals surface area contributed by atoms with Crippen LogP contribution in [0.15, 0.2) is 42.0 Å². The molecule has 1 unspecified atom stereocenters. The lowest BCUT2D eigenvalue weighted by molar-refractivity contribution is 0.198. The van der Waals surface area contributed by atoms with Crippen LogP contribution in [0.5, 0.6) is 0 Å². The first-order valence-electron chi connectivity index (χ1n) is 8.15. The number of hydrogen-bond acceptors (Lipinski definition) is 5. The number of halogens is 1. The van der Waals surface area contributed by atoms with E-state index < -0.39 is 0 Å². The summed E-state index contributed by atoms with van der Waals surface area (Å²) < 4.78 is 13.4. The van der Waals surface area contributed by atoms with E-state index in [0.717, 1.165) is 37.3 Å². The molecule has 0 spiro atoms. The van der Waals surface area contributed by atoms with Gasteiger partial charge in [-0.15, -0.1) is 11.3 Å². The second-order valence-electron chi connectivity index (χ2n) is 6.06. The Morgan fingerprint density at radius 3 is 2.67 bits per heavy atom. The fourth-order valence-corrected chi connectivity index (χ4v) is 4.06. The Morgan fingerprint density at radius 1 is 1.08 bits per heavy atom. The Morgan fingerprint density at radius 2 is 1.92 bits per heavy atom. The maximum atomic E-state index is 13.4. The summed E-state index contributed by atoms with van der Waals surface area (Å²) in [5.74, 6) is -0.241. The van der Waals surface area contributed by atoms with E-state index in [2.05, 4.69) is 26.7 Å². The van der Waals surface area contributed by atoms with E-state index >= 15 is 0 Å². The van der Waals surface area contributed by atoms with Gasteiger partial charge in [0.05, 0.1) is 11.6 Å². The molecule has 1 aliphatic heterocycles. The third kappa shape index (κ3) is 2.87. The Kier molecular flexibility index (Phi) is 4.16. The minimum absolute atomic E-state index is 0.241. The summed E-state index contributed by atoms with van der Waals surface area (Å²) in [7, 11) is 0. The molecule has 0 N–H and O–H groups in total. The minimum Gasteiger partial charge on any atom is -0.368 e. The highest BCUT2D eigenvalue weighted by molar-refractivity contribution is 7.09. The van der Waals surface area contributed by atoms with Crippen molar-refractivity contribution < 1.29 is 4.39 Å². The van der Waals surface area contributed by atoms with Gasteiger partial charge in [0.15, 0.2) is 0 Å². The van der Waals surface area contributed by atoms with Gasteiger partial charge in [0.1, 0.15) is 10.8 Å². The van der Waals surface area contributed by atoms with E-state index in [1.165, 1.54) is 17.1 Å². The van der Waals surface area contributed by atoms with Crippen molar-refractivity contribution in [3.8, 4) is 0 Å².